The molecule has 0 fully saturated rings. The number of nitrogens with one attached hydrogen (secondary N) is 1. The van der Waals surface area contributed by atoms with E-state index in [0.717, 1.165) is 0 Å². The van der Waals surface area contributed by atoms with Crippen LogP contribution in [0.15, 0.2) is 30.6 Å². The van der Waals surface area contributed by atoms with Gasteiger partial charge in [-0.15, -0.1) is 0 Å². The van der Waals surface area contributed by atoms with Crippen molar-refractivity contribution in [2.24, 2.45) is 11.5 Å². The van der Waals surface area contributed by atoms with Crippen LogP contribution in [0, 0.1) is 6.92 Å². The maximum Gasteiger partial charge on any atom is 0.386 e. The standard InChI is InChI=1S/C19H20FN5O2S.C2H3F3.CO2/c1-11-4-12(18(22)28)7-24-17(11)15(26)6-14-5-13(2-3-23-14)19(9-20)10-27-8-16(21)25-19;1-2(3,4)5;2-1-3/h2-5,7H,6,8-10H2,1H3,(H2,21,25)(H2,22,28);1H3;/p+1. The summed E-state index contributed by atoms with van der Waals surface area (Å²) < 4.78 is 50.3. The molecule has 9 nitrogen and oxygen atoms in total. The van der Waals surface area contributed by atoms with Crippen LogP contribution in [0.4, 0.5) is 17.6 Å². The molecule has 2 aromatic heterocycles. The first-order chi connectivity index (χ1) is 16.8. The number of alkyl halides is 4. The van der Waals surface area contributed by atoms with Gasteiger partial charge in [-0.3, -0.25) is 25.5 Å². The molecule has 0 bridgehead atoms. The van der Waals surface area contributed by atoms with E-state index in [0.29, 0.717) is 33.9 Å². The Balaban J connectivity index is 0.000000709. The molecule has 0 aromatic carbocycles. The molecule has 3 heterocycles. The van der Waals surface area contributed by atoms with Crippen molar-refractivity contribution in [3.63, 3.8) is 0 Å². The normalized spacial score (nSPS) is 16.8. The van der Waals surface area contributed by atoms with Crippen LogP contribution in [-0.4, -0.2) is 58.8 Å². The lowest BCUT2D eigenvalue weighted by Gasteiger charge is -2.28. The highest BCUT2D eigenvalue weighted by Crippen LogP contribution is 2.20. The maximum absolute atomic E-state index is 13.9. The highest BCUT2D eigenvalue weighted by Gasteiger charge is 2.39. The Morgan fingerprint density at radius 1 is 1.31 bits per heavy atom. The van der Waals surface area contributed by atoms with Crippen molar-refractivity contribution in [3.05, 3.63) is 58.7 Å². The number of pyridine rings is 2. The largest absolute Gasteiger partial charge is 0.389 e. The summed E-state index contributed by atoms with van der Waals surface area (Å²) in [5.74, 6) is 0.154. The van der Waals surface area contributed by atoms with Crippen molar-refractivity contribution in [1.29, 1.82) is 0 Å². The van der Waals surface area contributed by atoms with E-state index in [1.807, 2.05) is 0 Å². The van der Waals surface area contributed by atoms with Gasteiger partial charge in [-0.05, 0) is 30.7 Å². The molecule has 5 N–H and O–H groups in total. The summed E-state index contributed by atoms with van der Waals surface area (Å²) in [6.07, 6.45) is -0.707. The van der Waals surface area contributed by atoms with Crippen LogP contribution >= 0.6 is 12.2 Å². The average molecular weight is 531 g/mol. The second-order valence-corrected chi connectivity index (χ2v) is 8.05. The van der Waals surface area contributed by atoms with E-state index < -0.39 is 18.4 Å². The molecule has 0 saturated heterocycles. The highest BCUT2D eigenvalue weighted by molar-refractivity contribution is 7.80. The predicted octanol–water partition coefficient (Wildman–Crippen LogP) is 0.463. The lowest BCUT2D eigenvalue weighted by atomic mass is 9.91. The number of hydrogen-bond acceptors (Lipinski definition) is 8. The molecule has 0 aliphatic carbocycles. The Morgan fingerprint density at radius 3 is 2.42 bits per heavy atom. The number of nitrogens with zero attached hydrogens (tertiary/aromatic N) is 2. The van der Waals surface area contributed by atoms with E-state index in [9.17, 15) is 22.4 Å². The number of carbonyl (C=O) groups excluding carboxylic acids is 3. The summed E-state index contributed by atoms with van der Waals surface area (Å²) in [6.45, 7) is 1.60. The quantitative estimate of drug-likeness (QED) is 0.275. The van der Waals surface area contributed by atoms with E-state index in [4.69, 9.17) is 38.0 Å². The number of Topliss-reactive ketones (excluding diaryl/α,β-unsaturated/α-hetero) is 1. The SMILES string of the molecule is CC(F)(F)F.Cc1cc(C(N)=S)cnc1C(=O)Cc1cc(C2(CF)COCC(N)=[NH+]2)ccn1.O=C=O. The second kappa shape index (κ2) is 13.5. The summed E-state index contributed by atoms with van der Waals surface area (Å²) in [5.41, 5.74) is 13.0. The van der Waals surface area contributed by atoms with Crippen LogP contribution < -0.4 is 16.5 Å². The monoisotopic (exact) mass is 530 g/mol. The van der Waals surface area contributed by atoms with Crippen LogP contribution in [0.3, 0.4) is 0 Å². The Kier molecular flexibility index (Phi) is 11.4. The number of amidine groups is 1. The number of hydrogen-bond donors (Lipinski definition) is 3. The summed E-state index contributed by atoms with van der Waals surface area (Å²) in [4.78, 5) is 40.6. The van der Waals surface area contributed by atoms with Gasteiger partial charge in [-0.2, -0.15) is 22.8 Å². The lowest BCUT2D eigenvalue weighted by molar-refractivity contribution is -0.581. The third kappa shape index (κ3) is 9.56. The van der Waals surface area contributed by atoms with E-state index in [1.54, 1.807) is 25.1 Å². The molecule has 0 saturated carbocycles. The topological polar surface area (TPSA) is 152 Å². The predicted molar refractivity (Wildman–Crippen MR) is 122 cm³/mol. The van der Waals surface area contributed by atoms with Gasteiger partial charge in [0.2, 0.25) is 0 Å². The number of rotatable bonds is 6. The van der Waals surface area contributed by atoms with Crippen LogP contribution in [0.5, 0.6) is 0 Å². The van der Waals surface area contributed by atoms with Gasteiger partial charge in [-0.1, -0.05) is 12.2 Å². The first-order valence-corrected chi connectivity index (χ1v) is 10.5. The van der Waals surface area contributed by atoms with Crippen molar-refractivity contribution in [2.75, 3.05) is 19.9 Å². The van der Waals surface area contributed by atoms with Crippen molar-refractivity contribution in [3.8, 4) is 0 Å². The van der Waals surface area contributed by atoms with Gasteiger partial charge in [-0.25, -0.2) is 4.39 Å². The van der Waals surface area contributed by atoms with Gasteiger partial charge >= 0.3 is 12.3 Å². The van der Waals surface area contributed by atoms with Crippen LogP contribution in [0.25, 0.3) is 0 Å². The van der Waals surface area contributed by atoms with Crippen molar-refractivity contribution in [2.45, 2.75) is 32.0 Å². The molecule has 1 aliphatic rings. The minimum Gasteiger partial charge on any atom is -0.389 e. The fourth-order valence-electron chi connectivity index (χ4n) is 3.14. The molecular weight excluding hydrogens is 506 g/mol. The first-order valence-electron chi connectivity index (χ1n) is 10.1. The minimum atomic E-state index is -4.00. The van der Waals surface area contributed by atoms with E-state index in [1.165, 1.54) is 12.4 Å². The van der Waals surface area contributed by atoms with E-state index in [-0.39, 0.29) is 43.5 Å². The summed E-state index contributed by atoms with van der Waals surface area (Å²) in [5, 5.41) is 0. The lowest BCUT2D eigenvalue weighted by Crippen LogP contribution is -2.91. The zero-order valence-corrected chi connectivity index (χ0v) is 20.1. The maximum atomic E-state index is 13.9. The molecule has 1 unspecified atom stereocenters. The highest BCUT2D eigenvalue weighted by atomic mass is 32.1. The second-order valence-electron chi connectivity index (χ2n) is 7.61. The zero-order valence-electron chi connectivity index (χ0n) is 19.3. The number of thiocarbonyl (C=S) groups is 1. The smallest absolute Gasteiger partial charge is 0.386 e. The minimum absolute atomic E-state index is 0.0243. The number of ketones is 1. The molecule has 0 amide bonds. The molecule has 1 atom stereocenters. The van der Waals surface area contributed by atoms with Gasteiger partial charge in [0.25, 0.3) is 5.84 Å². The van der Waals surface area contributed by atoms with Gasteiger partial charge in [0, 0.05) is 36.1 Å². The number of aromatic nitrogens is 2. The molecule has 0 radical (unpaired) electrons. The number of ether oxygens (including phenoxy) is 1. The fourth-order valence-corrected chi connectivity index (χ4v) is 3.25. The van der Waals surface area contributed by atoms with Crippen LogP contribution in [0.1, 0.15) is 39.8 Å². The molecule has 1 aliphatic heterocycles. The molecule has 194 valence electrons. The Labute approximate surface area is 209 Å². The zero-order chi connectivity index (χ0) is 27.5. The fraction of sp³-hybridized carbons (Fsp3) is 0.364. The summed E-state index contributed by atoms with van der Waals surface area (Å²) in [6, 6.07) is 5.10. The molecule has 2 aromatic rings. The molecular formula is C22H24F4N5O4S+. The number of carbonyl (C=O) groups is 1. The van der Waals surface area contributed by atoms with Crippen molar-refractivity contribution < 1.29 is 41.7 Å². The van der Waals surface area contributed by atoms with Crippen molar-refractivity contribution >= 4 is 35.0 Å². The van der Waals surface area contributed by atoms with Gasteiger partial charge in [0.15, 0.2) is 11.3 Å². The number of nitrogens with two attached hydrogens (primary N) is 2. The average Bonchev–Trinajstić information content (AvgIpc) is 2.78. The Bertz CT molecular complexity index is 1150. The van der Waals surface area contributed by atoms with E-state index in [2.05, 4.69) is 15.0 Å². The third-order valence-corrected chi connectivity index (χ3v) is 4.81. The van der Waals surface area contributed by atoms with Crippen molar-refractivity contribution in [1.82, 2.24) is 9.97 Å². The summed E-state index contributed by atoms with van der Waals surface area (Å²) >= 11 is 4.93. The first kappa shape index (κ1) is 30.4. The molecule has 36 heavy (non-hydrogen) atoms. The number of halogens is 4. The molecule has 3 rings (SSSR count). The van der Waals surface area contributed by atoms with Gasteiger partial charge < -0.3 is 10.5 Å². The van der Waals surface area contributed by atoms with E-state index >= 15 is 0 Å². The van der Waals surface area contributed by atoms with Gasteiger partial charge in [0.1, 0.15) is 24.0 Å². The summed E-state index contributed by atoms with van der Waals surface area (Å²) in [7, 11) is 0. The molecule has 14 heteroatoms. The number of aryl methyl sites for hydroxylation is 1. The Hall–Kier alpha value is -3.61. The third-order valence-electron chi connectivity index (χ3n) is 4.57. The Morgan fingerprint density at radius 2 is 1.92 bits per heavy atom. The van der Waals surface area contributed by atoms with Gasteiger partial charge in [0.05, 0.1) is 13.0 Å². The molecule has 0 spiro atoms. The van der Waals surface area contributed by atoms with Crippen LogP contribution in [0.2, 0.25) is 0 Å². The van der Waals surface area contributed by atoms with Crippen LogP contribution in [-0.2, 0) is 26.3 Å².